The largest absolute Gasteiger partial charge is 0.296 e. The Labute approximate surface area is 58.5 Å². The van der Waals surface area contributed by atoms with Gasteiger partial charge in [0, 0.05) is 12.5 Å². The summed E-state index contributed by atoms with van der Waals surface area (Å²) in [5.41, 5.74) is 0. The van der Waals surface area contributed by atoms with E-state index in [0.717, 1.165) is 14.9 Å². The van der Waals surface area contributed by atoms with Gasteiger partial charge in [-0.2, -0.15) is 5.26 Å². The summed E-state index contributed by atoms with van der Waals surface area (Å²) < 4.78 is 0. The molecule has 0 aromatic rings. The van der Waals surface area contributed by atoms with Gasteiger partial charge in [-0.1, -0.05) is 8.73 Å². The number of hydrogen-bond donors (Lipinski definition) is 1. The second-order valence-corrected chi connectivity index (χ2v) is 3.28. The van der Waals surface area contributed by atoms with Gasteiger partial charge in [-0.3, -0.25) is 5.09 Å². The van der Waals surface area contributed by atoms with Crippen LogP contribution in [0.25, 0.3) is 0 Å². The summed E-state index contributed by atoms with van der Waals surface area (Å²) in [4.78, 5) is 0. The first kappa shape index (κ1) is 8.88. The molecule has 9 heavy (non-hydrogen) atoms. The highest BCUT2D eigenvalue weighted by atomic mass is 31.1. The minimum atomic E-state index is 0.557. The molecule has 0 saturated heterocycles. The van der Waals surface area contributed by atoms with Gasteiger partial charge in [-0.05, 0) is 20.0 Å². The van der Waals surface area contributed by atoms with Gasteiger partial charge in [0.25, 0.3) is 0 Å². The van der Waals surface area contributed by atoms with Crippen LogP contribution in [-0.2, 0) is 0 Å². The molecule has 0 aliphatic rings. The van der Waals surface area contributed by atoms with Crippen LogP contribution in [0.1, 0.15) is 20.3 Å². The van der Waals surface area contributed by atoms with Crippen LogP contribution in [0.2, 0.25) is 0 Å². The van der Waals surface area contributed by atoms with Crippen LogP contribution >= 0.6 is 8.73 Å². The van der Waals surface area contributed by atoms with Gasteiger partial charge in [-0.25, -0.2) is 0 Å². The maximum atomic E-state index is 8.16. The zero-order valence-corrected chi connectivity index (χ0v) is 6.94. The quantitative estimate of drug-likeness (QED) is 0.479. The van der Waals surface area contributed by atoms with E-state index in [-0.39, 0.29) is 0 Å². The lowest BCUT2D eigenvalue weighted by Gasteiger charge is -2.04. The van der Waals surface area contributed by atoms with Crippen molar-refractivity contribution < 1.29 is 0 Å². The molecule has 1 unspecified atom stereocenters. The zero-order valence-electron chi connectivity index (χ0n) is 5.94. The van der Waals surface area contributed by atoms with Crippen LogP contribution in [0.4, 0.5) is 0 Å². The van der Waals surface area contributed by atoms with Gasteiger partial charge in [0.15, 0.2) is 0 Å². The van der Waals surface area contributed by atoms with E-state index in [1.807, 2.05) is 0 Å². The molecule has 1 atom stereocenters. The normalized spacial score (nSPS) is 10.9. The predicted octanol–water partition coefficient (Wildman–Crippen LogP) is 1.49. The molecule has 0 aliphatic carbocycles. The molecule has 0 aliphatic heterocycles. The van der Waals surface area contributed by atoms with Gasteiger partial charge >= 0.3 is 0 Å². The highest BCUT2D eigenvalue weighted by Crippen LogP contribution is 2.05. The summed E-state index contributed by atoms with van der Waals surface area (Å²) >= 11 is 0. The van der Waals surface area contributed by atoms with Gasteiger partial charge in [0.05, 0.1) is 6.07 Å². The molecule has 0 bridgehead atoms. The third-order valence-electron chi connectivity index (χ3n) is 0.753. The van der Waals surface area contributed by atoms with Crippen molar-refractivity contribution >= 4 is 8.73 Å². The van der Waals surface area contributed by atoms with Crippen molar-refractivity contribution in [1.82, 2.24) is 5.09 Å². The standard InChI is InChI=1S/C6H13N2P/c1-6(2)8-9-5-3-4-7/h6,8-9H,3,5H2,1-2H3. The Kier molecular flexibility index (Phi) is 5.93. The molecule has 0 fully saturated rings. The molecule has 0 radical (unpaired) electrons. The van der Waals surface area contributed by atoms with Crippen molar-refractivity contribution in [3.05, 3.63) is 0 Å². The lowest BCUT2D eigenvalue weighted by Crippen LogP contribution is -2.12. The van der Waals surface area contributed by atoms with E-state index in [4.69, 9.17) is 5.26 Å². The second kappa shape index (κ2) is 6.01. The minimum Gasteiger partial charge on any atom is -0.296 e. The first-order valence-corrected chi connectivity index (χ1v) is 4.33. The maximum Gasteiger partial charge on any atom is 0.0625 e. The molecule has 0 aromatic carbocycles. The summed E-state index contributed by atoms with van der Waals surface area (Å²) in [6, 6.07) is 2.67. The molecule has 0 spiro atoms. The number of nitriles is 1. The third kappa shape index (κ3) is 7.88. The van der Waals surface area contributed by atoms with Gasteiger partial charge < -0.3 is 0 Å². The topological polar surface area (TPSA) is 35.8 Å². The fraction of sp³-hybridized carbons (Fsp3) is 0.833. The summed E-state index contributed by atoms with van der Waals surface area (Å²) in [6.45, 7) is 4.22. The number of hydrogen-bond acceptors (Lipinski definition) is 2. The average molecular weight is 144 g/mol. The molecule has 2 nitrogen and oxygen atoms in total. The van der Waals surface area contributed by atoms with Crippen molar-refractivity contribution in [2.45, 2.75) is 26.3 Å². The highest BCUT2D eigenvalue weighted by Gasteiger charge is 1.89. The summed E-state index contributed by atoms with van der Waals surface area (Å²) in [7, 11) is 0.747. The van der Waals surface area contributed by atoms with Crippen LogP contribution in [-0.4, -0.2) is 12.2 Å². The van der Waals surface area contributed by atoms with Gasteiger partial charge in [-0.15, -0.1) is 0 Å². The smallest absolute Gasteiger partial charge is 0.0625 e. The number of nitrogens with one attached hydrogen (secondary N) is 1. The van der Waals surface area contributed by atoms with Crippen LogP contribution in [0.5, 0.6) is 0 Å². The van der Waals surface area contributed by atoms with Crippen molar-refractivity contribution in [1.29, 1.82) is 5.26 Å². The Bertz CT molecular complexity index is 95.7. The van der Waals surface area contributed by atoms with Gasteiger partial charge in [0.1, 0.15) is 0 Å². The molecular weight excluding hydrogens is 131 g/mol. The molecule has 3 heteroatoms. The fourth-order valence-corrected chi connectivity index (χ4v) is 1.18. The second-order valence-electron chi connectivity index (χ2n) is 2.13. The highest BCUT2D eigenvalue weighted by molar-refractivity contribution is 7.35. The van der Waals surface area contributed by atoms with Crippen molar-refractivity contribution in [3.63, 3.8) is 0 Å². The molecule has 0 heterocycles. The first-order valence-electron chi connectivity index (χ1n) is 3.12. The molecular formula is C6H13N2P. The molecule has 0 rings (SSSR count). The van der Waals surface area contributed by atoms with Crippen LogP contribution < -0.4 is 5.09 Å². The molecule has 1 N–H and O–H groups in total. The Morgan fingerprint density at radius 2 is 2.33 bits per heavy atom. The maximum absolute atomic E-state index is 8.16. The van der Waals surface area contributed by atoms with E-state index in [1.54, 1.807) is 0 Å². The number of rotatable bonds is 4. The summed E-state index contributed by atoms with van der Waals surface area (Å²) in [5, 5.41) is 11.4. The van der Waals surface area contributed by atoms with E-state index >= 15 is 0 Å². The lowest BCUT2D eigenvalue weighted by molar-refractivity contribution is 0.765. The van der Waals surface area contributed by atoms with Gasteiger partial charge in [0.2, 0.25) is 0 Å². The van der Waals surface area contributed by atoms with Crippen LogP contribution in [0.3, 0.4) is 0 Å². The molecule has 0 saturated carbocycles. The molecule has 52 valence electrons. The Balaban J connectivity index is 2.85. The Hall–Kier alpha value is -0.120. The van der Waals surface area contributed by atoms with Crippen LogP contribution in [0.15, 0.2) is 0 Å². The van der Waals surface area contributed by atoms with E-state index in [1.165, 1.54) is 0 Å². The van der Waals surface area contributed by atoms with Crippen molar-refractivity contribution in [2.75, 3.05) is 6.16 Å². The van der Waals surface area contributed by atoms with E-state index < -0.39 is 0 Å². The predicted molar refractivity (Wildman–Crippen MR) is 41.7 cm³/mol. The van der Waals surface area contributed by atoms with E-state index in [2.05, 4.69) is 25.0 Å². The van der Waals surface area contributed by atoms with Crippen molar-refractivity contribution in [3.8, 4) is 6.07 Å². The van der Waals surface area contributed by atoms with Crippen molar-refractivity contribution in [2.24, 2.45) is 0 Å². The molecule has 0 amide bonds. The lowest BCUT2D eigenvalue weighted by atomic mass is 10.4. The van der Waals surface area contributed by atoms with E-state index in [9.17, 15) is 0 Å². The molecule has 0 aromatic heterocycles. The average Bonchev–Trinajstić information content (AvgIpc) is 1.80. The zero-order chi connectivity index (χ0) is 7.11. The summed E-state index contributed by atoms with van der Waals surface area (Å²) in [6.07, 6.45) is 1.67. The number of nitrogens with zero attached hydrogens (tertiary/aromatic N) is 1. The summed E-state index contributed by atoms with van der Waals surface area (Å²) in [5.74, 6) is 0. The van der Waals surface area contributed by atoms with Crippen LogP contribution in [0, 0.1) is 11.3 Å². The fourth-order valence-electron chi connectivity index (χ4n) is 0.395. The Morgan fingerprint density at radius 3 is 2.78 bits per heavy atom. The Morgan fingerprint density at radius 1 is 1.67 bits per heavy atom. The first-order chi connectivity index (χ1) is 4.27. The third-order valence-corrected chi connectivity index (χ3v) is 2.03. The monoisotopic (exact) mass is 144 g/mol. The van der Waals surface area contributed by atoms with E-state index in [0.29, 0.717) is 12.5 Å². The minimum absolute atomic E-state index is 0.557. The SMILES string of the molecule is CC(C)NPCCC#N.